The molecule has 4 heteroatoms. The van der Waals surface area contributed by atoms with E-state index in [1.165, 1.54) is 12.3 Å². The van der Waals surface area contributed by atoms with Crippen LogP contribution in [-0.4, -0.2) is 23.5 Å². The van der Waals surface area contributed by atoms with E-state index in [4.69, 9.17) is 9.47 Å². The van der Waals surface area contributed by atoms with Crippen LogP contribution >= 0.6 is 0 Å². The summed E-state index contributed by atoms with van der Waals surface area (Å²) in [5, 5.41) is 9.30. The number of aliphatic hydroxyl groups excluding tert-OH is 1. The van der Waals surface area contributed by atoms with Gasteiger partial charge in [0.05, 0.1) is 24.7 Å². The average molecular weight is 156 g/mol. The van der Waals surface area contributed by atoms with Crippen LogP contribution in [0.4, 0.5) is 0 Å². The summed E-state index contributed by atoms with van der Waals surface area (Å²) < 4.78 is 9.72. The van der Waals surface area contributed by atoms with Gasteiger partial charge >= 0.3 is 5.97 Å². The average Bonchev–Trinajstić information content (AvgIpc) is 2.31. The number of rotatable bonds is 0. The first kappa shape index (κ1) is 6.67. The first-order valence-electron chi connectivity index (χ1n) is 3.47. The Morgan fingerprint density at radius 2 is 2.45 bits per heavy atom. The van der Waals surface area contributed by atoms with Gasteiger partial charge in [-0.05, 0) is 6.08 Å². The van der Waals surface area contributed by atoms with E-state index in [2.05, 4.69) is 0 Å². The van der Waals surface area contributed by atoms with Gasteiger partial charge in [-0.1, -0.05) is 0 Å². The fraction of sp³-hybridized carbons (Fsp3) is 0.571. The van der Waals surface area contributed by atoms with Crippen LogP contribution in [0.2, 0.25) is 0 Å². The lowest BCUT2D eigenvalue weighted by atomic mass is 9.99. The first-order chi connectivity index (χ1) is 5.27. The van der Waals surface area contributed by atoms with E-state index < -0.39 is 12.4 Å². The zero-order chi connectivity index (χ0) is 7.84. The lowest BCUT2D eigenvalue weighted by Gasteiger charge is -2.23. The molecule has 1 saturated heterocycles. The van der Waals surface area contributed by atoms with Crippen molar-refractivity contribution in [3.63, 3.8) is 0 Å². The highest BCUT2D eigenvalue weighted by atomic mass is 16.7. The summed E-state index contributed by atoms with van der Waals surface area (Å²) in [4.78, 5) is 10.7. The lowest BCUT2D eigenvalue weighted by molar-refractivity contribution is -0.161. The summed E-state index contributed by atoms with van der Waals surface area (Å²) in [6.07, 6.45) is 1.95. The van der Waals surface area contributed by atoms with E-state index in [1.54, 1.807) is 0 Å². The molecule has 0 aromatic rings. The number of hydrogen-bond acceptors (Lipinski definition) is 4. The van der Waals surface area contributed by atoms with Crippen molar-refractivity contribution in [1.29, 1.82) is 0 Å². The zero-order valence-corrected chi connectivity index (χ0v) is 5.77. The number of aliphatic hydroxyl groups is 1. The molecule has 1 fully saturated rings. The van der Waals surface area contributed by atoms with Gasteiger partial charge in [0.1, 0.15) is 0 Å². The van der Waals surface area contributed by atoms with E-state index in [-0.39, 0.29) is 18.3 Å². The molecule has 4 nitrogen and oxygen atoms in total. The molecule has 0 saturated carbocycles. The fourth-order valence-corrected chi connectivity index (χ4v) is 1.31. The van der Waals surface area contributed by atoms with Crippen LogP contribution in [0.1, 0.15) is 6.42 Å². The van der Waals surface area contributed by atoms with Crippen molar-refractivity contribution < 1.29 is 19.4 Å². The molecule has 0 unspecified atom stereocenters. The van der Waals surface area contributed by atoms with E-state index in [9.17, 15) is 9.90 Å². The normalized spacial score (nSPS) is 41.2. The van der Waals surface area contributed by atoms with E-state index >= 15 is 0 Å². The highest BCUT2D eigenvalue weighted by molar-refractivity contribution is 5.72. The van der Waals surface area contributed by atoms with Crippen LogP contribution in [0.5, 0.6) is 0 Å². The van der Waals surface area contributed by atoms with Gasteiger partial charge in [0.25, 0.3) is 0 Å². The number of ether oxygens (including phenoxy) is 2. The van der Waals surface area contributed by atoms with Crippen LogP contribution in [0.3, 0.4) is 0 Å². The molecule has 2 aliphatic heterocycles. The molecule has 0 aromatic heterocycles. The van der Waals surface area contributed by atoms with Crippen molar-refractivity contribution in [1.82, 2.24) is 0 Å². The molecule has 0 aromatic carbocycles. The van der Waals surface area contributed by atoms with Crippen LogP contribution in [-0.2, 0) is 14.3 Å². The minimum atomic E-state index is -0.611. The van der Waals surface area contributed by atoms with Crippen LogP contribution in [0.15, 0.2) is 12.3 Å². The third-order valence-electron chi connectivity index (χ3n) is 1.93. The molecule has 0 radical (unpaired) electrons. The maximum Gasteiger partial charge on any atom is 0.309 e. The molecular weight excluding hydrogens is 148 g/mol. The quantitative estimate of drug-likeness (QED) is 0.492. The Kier molecular flexibility index (Phi) is 1.35. The summed E-state index contributed by atoms with van der Waals surface area (Å²) in [6.45, 7) is 0. The minimum Gasteiger partial charge on any atom is -0.462 e. The Bertz CT molecular complexity index is 210. The summed E-state index contributed by atoms with van der Waals surface area (Å²) in [6, 6.07) is 0. The molecule has 1 N–H and O–H groups in total. The van der Waals surface area contributed by atoms with Gasteiger partial charge in [-0.15, -0.1) is 0 Å². The molecule has 11 heavy (non-hydrogen) atoms. The Morgan fingerprint density at radius 3 is 3.18 bits per heavy atom. The van der Waals surface area contributed by atoms with Crippen molar-refractivity contribution in [2.75, 3.05) is 0 Å². The Labute approximate surface area is 63.4 Å². The summed E-state index contributed by atoms with van der Waals surface area (Å²) in [5.41, 5.74) is 0. The second-order valence-electron chi connectivity index (χ2n) is 2.68. The largest absolute Gasteiger partial charge is 0.462 e. The van der Waals surface area contributed by atoms with Crippen LogP contribution in [0, 0.1) is 5.92 Å². The summed E-state index contributed by atoms with van der Waals surface area (Å²) in [5.74, 6) is -0.518. The predicted molar refractivity (Wildman–Crippen MR) is 34.2 cm³/mol. The van der Waals surface area contributed by atoms with Gasteiger partial charge < -0.3 is 14.6 Å². The molecule has 60 valence electrons. The van der Waals surface area contributed by atoms with Gasteiger partial charge in [0, 0.05) is 0 Å². The van der Waals surface area contributed by atoms with E-state index in [0.717, 1.165) is 0 Å². The Morgan fingerprint density at radius 1 is 1.64 bits per heavy atom. The van der Waals surface area contributed by atoms with Gasteiger partial charge in [-0.2, -0.15) is 0 Å². The minimum absolute atomic E-state index is 0.215. The number of carbonyl (C=O) groups is 1. The van der Waals surface area contributed by atoms with Gasteiger partial charge in [0.15, 0.2) is 0 Å². The monoisotopic (exact) mass is 156 g/mol. The third kappa shape index (κ3) is 0.991. The second kappa shape index (κ2) is 2.23. The SMILES string of the molecule is O=C1C[C@H]2[C@H](OC=C[C@@H]2O)O1. The van der Waals surface area contributed by atoms with E-state index in [0.29, 0.717) is 0 Å². The Hall–Kier alpha value is -1.03. The zero-order valence-electron chi connectivity index (χ0n) is 5.77. The summed E-state index contributed by atoms with van der Waals surface area (Å²) in [7, 11) is 0. The van der Waals surface area contributed by atoms with Crippen LogP contribution in [0.25, 0.3) is 0 Å². The standard InChI is InChI=1S/C7H8O4/c8-5-1-2-10-7-4(5)3-6(9)11-7/h1-2,4-5,7-8H,3H2/t4-,5+,7-/m1/s1. The molecular formula is C7H8O4. The molecule has 2 aliphatic rings. The topological polar surface area (TPSA) is 55.8 Å². The molecule has 0 aliphatic carbocycles. The smallest absolute Gasteiger partial charge is 0.309 e. The molecule has 3 atom stereocenters. The number of fused-ring (bicyclic) bond motifs is 1. The van der Waals surface area contributed by atoms with Crippen LogP contribution < -0.4 is 0 Å². The molecule has 0 spiro atoms. The second-order valence-corrected chi connectivity index (χ2v) is 2.68. The summed E-state index contributed by atoms with van der Waals surface area (Å²) >= 11 is 0. The third-order valence-corrected chi connectivity index (χ3v) is 1.93. The van der Waals surface area contributed by atoms with Crippen molar-refractivity contribution in [2.45, 2.75) is 18.8 Å². The number of esters is 1. The Balaban J connectivity index is 2.17. The van der Waals surface area contributed by atoms with Crippen molar-refractivity contribution in [3.05, 3.63) is 12.3 Å². The van der Waals surface area contributed by atoms with E-state index in [1.807, 2.05) is 0 Å². The van der Waals surface area contributed by atoms with Crippen molar-refractivity contribution in [3.8, 4) is 0 Å². The van der Waals surface area contributed by atoms with Gasteiger partial charge in [-0.3, -0.25) is 4.79 Å². The highest BCUT2D eigenvalue weighted by Crippen LogP contribution is 2.29. The molecule has 2 heterocycles. The fourth-order valence-electron chi connectivity index (χ4n) is 1.31. The highest BCUT2D eigenvalue weighted by Gasteiger charge is 2.41. The van der Waals surface area contributed by atoms with Crippen molar-refractivity contribution >= 4 is 5.97 Å². The maximum atomic E-state index is 10.7. The number of carbonyl (C=O) groups excluding carboxylic acids is 1. The van der Waals surface area contributed by atoms with Gasteiger partial charge in [-0.25, -0.2) is 0 Å². The molecule has 2 rings (SSSR count). The molecule has 0 bridgehead atoms. The maximum absolute atomic E-state index is 10.7. The first-order valence-corrected chi connectivity index (χ1v) is 3.47. The predicted octanol–water partition coefficient (Wildman–Crippen LogP) is -0.220. The number of hydrogen-bond donors (Lipinski definition) is 1. The lowest BCUT2D eigenvalue weighted by Crippen LogP contribution is -2.31. The van der Waals surface area contributed by atoms with Crippen molar-refractivity contribution in [2.24, 2.45) is 5.92 Å². The van der Waals surface area contributed by atoms with Gasteiger partial charge in [0.2, 0.25) is 6.29 Å². The molecule has 0 amide bonds.